The third-order valence-electron chi connectivity index (χ3n) is 6.09. The summed E-state index contributed by atoms with van der Waals surface area (Å²) < 4.78 is 0. The number of benzene rings is 1. The molecule has 176 valence electrons. The molecule has 0 amide bonds. The standard InChI is InChI=1S/C24H32N6O3/c31-24(32)18-30-13-11-29(12-14-30)17-22-15-23(28-33-22)20-6-4-19(5-7-20)16-27-26-10-8-21-3-1-2-9-25-21/h1-7,9,22-23,28H,8,10-18H2,(H,31,32). The second-order valence-electron chi connectivity index (χ2n) is 8.59. The lowest BCUT2D eigenvalue weighted by Gasteiger charge is -2.34. The van der Waals surface area contributed by atoms with Crippen molar-refractivity contribution >= 4 is 5.97 Å². The average molecular weight is 453 g/mol. The number of rotatable bonds is 10. The van der Waals surface area contributed by atoms with E-state index in [2.05, 4.69) is 49.9 Å². The number of hydrogen-bond donors (Lipinski definition) is 2. The molecule has 0 radical (unpaired) electrons. The Bertz CT molecular complexity index is 900. The Balaban J connectivity index is 1.16. The molecule has 2 aliphatic heterocycles. The van der Waals surface area contributed by atoms with Gasteiger partial charge in [0.25, 0.3) is 0 Å². The second-order valence-corrected chi connectivity index (χ2v) is 8.59. The molecular formula is C24H32N6O3. The first-order chi connectivity index (χ1) is 16.2. The van der Waals surface area contributed by atoms with E-state index in [0.29, 0.717) is 13.1 Å². The van der Waals surface area contributed by atoms with E-state index in [9.17, 15) is 4.79 Å². The number of carbonyl (C=O) groups is 1. The Morgan fingerprint density at radius 1 is 1.09 bits per heavy atom. The molecule has 33 heavy (non-hydrogen) atoms. The van der Waals surface area contributed by atoms with Crippen LogP contribution in [-0.4, -0.2) is 77.8 Å². The zero-order valence-electron chi connectivity index (χ0n) is 18.8. The molecule has 3 heterocycles. The summed E-state index contributed by atoms with van der Waals surface area (Å²) in [6, 6.07) is 14.5. The van der Waals surface area contributed by atoms with Gasteiger partial charge in [0.1, 0.15) is 0 Å². The predicted molar refractivity (Wildman–Crippen MR) is 124 cm³/mol. The summed E-state index contributed by atoms with van der Waals surface area (Å²) in [6.07, 6.45) is 3.65. The molecule has 2 fully saturated rings. The molecule has 0 aliphatic carbocycles. The molecule has 2 aromatic rings. The van der Waals surface area contributed by atoms with E-state index in [1.54, 1.807) is 6.20 Å². The van der Waals surface area contributed by atoms with Crippen molar-refractivity contribution in [2.24, 2.45) is 10.2 Å². The van der Waals surface area contributed by atoms with E-state index in [1.165, 1.54) is 5.56 Å². The number of carboxylic acids is 1. The average Bonchev–Trinajstić information content (AvgIpc) is 3.29. The van der Waals surface area contributed by atoms with Crippen molar-refractivity contribution in [2.45, 2.75) is 31.5 Å². The van der Waals surface area contributed by atoms with Gasteiger partial charge in [-0.3, -0.25) is 24.4 Å². The fourth-order valence-electron chi connectivity index (χ4n) is 4.23. The van der Waals surface area contributed by atoms with Crippen LogP contribution in [0.5, 0.6) is 0 Å². The molecule has 1 aromatic carbocycles. The van der Waals surface area contributed by atoms with Crippen molar-refractivity contribution in [3.05, 3.63) is 65.5 Å². The largest absolute Gasteiger partial charge is 0.480 e. The summed E-state index contributed by atoms with van der Waals surface area (Å²) >= 11 is 0. The van der Waals surface area contributed by atoms with Gasteiger partial charge < -0.3 is 5.11 Å². The third-order valence-corrected chi connectivity index (χ3v) is 6.09. The number of nitrogens with one attached hydrogen (secondary N) is 1. The van der Waals surface area contributed by atoms with E-state index in [1.807, 2.05) is 23.1 Å². The Morgan fingerprint density at radius 3 is 2.61 bits per heavy atom. The maximum absolute atomic E-state index is 10.9. The molecule has 9 nitrogen and oxygen atoms in total. The lowest BCUT2D eigenvalue weighted by Crippen LogP contribution is -2.49. The number of hydrogen-bond acceptors (Lipinski definition) is 8. The van der Waals surface area contributed by atoms with Gasteiger partial charge >= 0.3 is 5.97 Å². The third kappa shape index (κ3) is 7.40. The van der Waals surface area contributed by atoms with Gasteiger partial charge in [0.15, 0.2) is 0 Å². The molecule has 0 bridgehead atoms. The van der Waals surface area contributed by atoms with Crippen LogP contribution in [0, 0.1) is 0 Å². The van der Waals surface area contributed by atoms with E-state index in [0.717, 1.165) is 56.8 Å². The van der Waals surface area contributed by atoms with Gasteiger partial charge in [-0.2, -0.15) is 15.7 Å². The van der Waals surface area contributed by atoms with Crippen molar-refractivity contribution in [2.75, 3.05) is 45.8 Å². The van der Waals surface area contributed by atoms with E-state index < -0.39 is 5.97 Å². The zero-order valence-corrected chi connectivity index (χ0v) is 18.8. The van der Waals surface area contributed by atoms with Crippen molar-refractivity contribution in [1.82, 2.24) is 20.3 Å². The lowest BCUT2D eigenvalue weighted by atomic mass is 10.0. The summed E-state index contributed by atoms with van der Waals surface area (Å²) in [6.45, 7) is 5.55. The van der Waals surface area contributed by atoms with Crippen molar-refractivity contribution in [3.63, 3.8) is 0 Å². The highest BCUT2D eigenvalue weighted by Gasteiger charge is 2.29. The summed E-state index contributed by atoms with van der Waals surface area (Å²) in [5.74, 6) is -0.760. The Hall–Kier alpha value is -2.72. The van der Waals surface area contributed by atoms with Gasteiger partial charge in [0.05, 0.1) is 31.8 Å². The van der Waals surface area contributed by atoms with Gasteiger partial charge in [0, 0.05) is 51.0 Å². The molecule has 4 rings (SSSR count). The summed E-state index contributed by atoms with van der Waals surface area (Å²) in [5, 5.41) is 17.5. The number of aliphatic carboxylic acids is 1. The van der Waals surface area contributed by atoms with Crippen LogP contribution in [0.2, 0.25) is 0 Å². The maximum Gasteiger partial charge on any atom is 0.317 e. The lowest BCUT2D eigenvalue weighted by molar-refractivity contribution is -0.138. The highest BCUT2D eigenvalue weighted by Crippen LogP contribution is 2.26. The fraction of sp³-hybridized carbons (Fsp3) is 0.500. The SMILES string of the molecule is O=C(O)CN1CCN(CC2CC(c3ccc(CN=NCCc4ccccn4)cc3)NO2)CC1. The van der Waals surface area contributed by atoms with Crippen LogP contribution in [-0.2, 0) is 22.6 Å². The molecule has 2 saturated heterocycles. The minimum Gasteiger partial charge on any atom is -0.480 e. The molecule has 0 spiro atoms. The molecule has 2 aliphatic rings. The van der Waals surface area contributed by atoms with Crippen LogP contribution in [0.4, 0.5) is 0 Å². The first-order valence-corrected chi connectivity index (χ1v) is 11.6. The molecule has 2 N–H and O–H groups in total. The Kier molecular flexibility index (Phi) is 8.48. The van der Waals surface area contributed by atoms with Crippen LogP contribution in [0.25, 0.3) is 0 Å². The van der Waals surface area contributed by atoms with Crippen LogP contribution in [0.1, 0.15) is 29.3 Å². The van der Waals surface area contributed by atoms with Crippen molar-refractivity contribution < 1.29 is 14.7 Å². The molecule has 1 aromatic heterocycles. The van der Waals surface area contributed by atoms with Crippen LogP contribution in [0.15, 0.2) is 58.9 Å². The van der Waals surface area contributed by atoms with Gasteiger partial charge in [-0.25, -0.2) is 0 Å². The van der Waals surface area contributed by atoms with Gasteiger partial charge in [-0.15, -0.1) is 0 Å². The number of piperazine rings is 1. The zero-order chi connectivity index (χ0) is 22.9. The summed E-state index contributed by atoms with van der Waals surface area (Å²) in [4.78, 5) is 25.3. The number of nitrogens with zero attached hydrogens (tertiary/aromatic N) is 5. The van der Waals surface area contributed by atoms with Gasteiger partial charge in [-0.1, -0.05) is 30.3 Å². The topological polar surface area (TPSA) is 103 Å². The number of azo groups is 1. The molecule has 2 unspecified atom stereocenters. The minimum atomic E-state index is -0.760. The summed E-state index contributed by atoms with van der Waals surface area (Å²) in [5.41, 5.74) is 6.56. The normalized spacial score (nSPS) is 22.2. The second kappa shape index (κ2) is 11.9. The van der Waals surface area contributed by atoms with Crippen LogP contribution >= 0.6 is 0 Å². The maximum atomic E-state index is 10.9. The monoisotopic (exact) mass is 452 g/mol. The molecule has 2 atom stereocenters. The fourth-order valence-corrected chi connectivity index (χ4v) is 4.23. The number of carboxylic acid groups (broad SMARTS) is 1. The van der Waals surface area contributed by atoms with E-state index in [-0.39, 0.29) is 18.7 Å². The number of pyridine rings is 1. The molecule has 0 saturated carbocycles. The number of aromatic nitrogens is 1. The first kappa shape index (κ1) is 23.4. The predicted octanol–water partition coefficient (Wildman–Crippen LogP) is 2.31. The minimum absolute atomic E-state index is 0.125. The Labute approximate surface area is 194 Å². The molecular weight excluding hydrogens is 420 g/mol. The van der Waals surface area contributed by atoms with Crippen LogP contribution < -0.4 is 5.48 Å². The highest BCUT2D eigenvalue weighted by atomic mass is 16.7. The van der Waals surface area contributed by atoms with E-state index >= 15 is 0 Å². The number of hydroxylamine groups is 1. The highest BCUT2D eigenvalue weighted by molar-refractivity contribution is 5.69. The smallest absolute Gasteiger partial charge is 0.317 e. The Morgan fingerprint density at radius 2 is 1.88 bits per heavy atom. The van der Waals surface area contributed by atoms with Crippen LogP contribution in [0.3, 0.4) is 0 Å². The van der Waals surface area contributed by atoms with Crippen molar-refractivity contribution in [3.8, 4) is 0 Å². The summed E-state index contributed by atoms with van der Waals surface area (Å²) in [7, 11) is 0. The van der Waals surface area contributed by atoms with Crippen molar-refractivity contribution in [1.29, 1.82) is 0 Å². The van der Waals surface area contributed by atoms with Gasteiger partial charge in [0.2, 0.25) is 0 Å². The van der Waals surface area contributed by atoms with Gasteiger partial charge in [-0.05, 0) is 29.7 Å². The quantitative estimate of drug-likeness (QED) is 0.533. The molecule has 9 heteroatoms. The first-order valence-electron chi connectivity index (χ1n) is 11.6. The van der Waals surface area contributed by atoms with E-state index in [4.69, 9.17) is 9.94 Å².